The van der Waals surface area contributed by atoms with Crippen LogP contribution in [0.3, 0.4) is 0 Å². The number of imidazole rings is 1. The number of aromatic amines is 1. The number of amides is 1. The molecule has 2 aromatic rings. The summed E-state index contributed by atoms with van der Waals surface area (Å²) in [7, 11) is 4.28. The summed E-state index contributed by atoms with van der Waals surface area (Å²) in [5.74, 6) is -0.0551. The van der Waals surface area contributed by atoms with E-state index < -0.39 is 0 Å². The van der Waals surface area contributed by atoms with Gasteiger partial charge in [-0.1, -0.05) is 6.42 Å². The Balaban J connectivity index is 1.45. The van der Waals surface area contributed by atoms with Crippen LogP contribution < -0.4 is 5.32 Å². The molecule has 2 heterocycles. The van der Waals surface area contributed by atoms with Crippen LogP contribution in [0.2, 0.25) is 0 Å². The maximum atomic E-state index is 12.5. The number of nitrogens with zero attached hydrogens (tertiary/aromatic N) is 3. The first-order valence-corrected chi connectivity index (χ1v) is 8.90. The van der Waals surface area contributed by atoms with Crippen molar-refractivity contribution in [1.82, 2.24) is 25.2 Å². The lowest BCUT2D eigenvalue weighted by Crippen LogP contribution is -2.70. The van der Waals surface area contributed by atoms with Gasteiger partial charge in [0.15, 0.2) is 0 Å². The van der Waals surface area contributed by atoms with Crippen LogP contribution in [0.25, 0.3) is 10.7 Å². The molecular weight excluding hydrogens is 310 g/mol. The number of hydrogen-bond acceptors (Lipinski definition) is 5. The molecule has 2 aliphatic carbocycles. The van der Waals surface area contributed by atoms with Gasteiger partial charge in [0, 0.05) is 22.9 Å². The monoisotopic (exact) mass is 331 g/mol. The Morgan fingerprint density at radius 2 is 2.30 bits per heavy atom. The van der Waals surface area contributed by atoms with Crippen LogP contribution in [0.15, 0.2) is 17.9 Å². The maximum Gasteiger partial charge on any atom is 0.271 e. The van der Waals surface area contributed by atoms with Crippen molar-refractivity contribution in [3.63, 3.8) is 0 Å². The number of H-pyrrole nitrogens is 1. The molecule has 1 amide bonds. The van der Waals surface area contributed by atoms with E-state index in [0.29, 0.717) is 17.2 Å². The van der Waals surface area contributed by atoms with E-state index in [0.717, 1.165) is 17.1 Å². The minimum atomic E-state index is -0.0551. The van der Waals surface area contributed by atoms with Gasteiger partial charge in [-0.05, 0) is 33.4 Å². The fraction of sp³-hybridized carbons (Fsp3) is 0.562. The normalized spacial score (nSPS) is 25.2. The first-order chi connectivity index (χ1) is 11.1. The Hall–Kier alpha value is -1.73. The highest BCUT2D eigenvalue weighted by Crippen LogP contribution is 2.57. The summed E-state index contributed by atoms with van der Waals surface area (Å²) >= 11 is 1.46. The standard InChI is InChI=1S/C16H21N5OS/c1-21(2)13-6-12(16(13)4-3-5-16)20-14(22)11-8-23-15(19-11)10-7-17-9-18-10/h7-9,12-13H,3-6H2,1-2H3,(H,17,18)(H,20,22). The van der Waals surface area contributed by atoms with E-state index in [9.17, 15) is 4.79 Å². The summed E-state index contributed by atoms with van der Waals surface area (Å²) in [5.41, 5.74) is 1.64. The third-order valence-corrected chi connectivity index (χ3v) is 6.37. The van der Waals surface area contributed by atoms with Gasteiger partial charge >= 0.3 is 0 Å². The second kappa shape index (κ2) is 5.42. The predicted molar refractivity (Wildman–Crippen MR) is 89.3 cm³/mol. The molecule has 0 saturated heterocycles. The van der Waals surface area contributed by atoms with Gasteiger partial charge in [0.05, 0.1) is 18.2 Å². The van der Waals surface area contributed by atoms with Crippen LogP contribution in [-0.4, -0.2) is 51.9 Å². The van der Waals surface area contributed by atoms with E-state index in [2.05, 4.69) is 39.3 Å². The summed E-state index contributed by atoms with van der Waals surface area (Å²) in [6.07, 6.45) is 8.09. The topological polar surface area (TPSA) is 73.9 Å². The zero-order valence-electron chi connectivity index (χ0n) is 13.4. The number of rotatable bonds is 4. The first-order valence-electron chi connectivity index (χ1n) is 8.02. The van der Waals surface area contributed by atoms with Crippen LogP contribution in [-0.2, 0) is 0 Å². The fourth-order valence-electron chi connectivity index (χ4n) is 4.07. The van der Waals surface area contributed by atoms with Gasteiger partial charge in [-0.3, -0.25) is 4.79 Å². The first kappa shape index (κ1) is 14.8. The molecule has 23 heavy (non-hydrogen) atoms. The van der Waals surface area contributed by atoms with Gasteiger partial charge in [0.1, 0.15) is 10.7 Å². The molecule has 0 radical (unpaired) electrons. The highest BCUT2D eigenvalue weighted by Gasteiger charge is 2.59. The van der Waals surface area contributed by atoms with Gasteiger partial charge in [0.2, 0.25) is 0 Å². The highest BCUT2D eigenvalue weighted by atomic mass is 32.1. The summed E-state index contributed by atoms with van der Waals surface area (Å²) in [4.78, 5) is 26.3. The lowest BCUT2D eigenvalue weighted by molar-refractivity contribution is -0.0963. The minimum Gasteiger partial charge on any atom is -0.347 e. The Kier molecular flexibility index (Phi) is 3.50. The molecule has 2 aromatic heterocycles. The van der Waals surface area contributed by atoms with Crippen LogP contribution in [0.1, 0.15) is 36.2 Å². The molecule has 1 spiro atoms. The van der Waals surface area contributed by atoms with Crippen molar-refractivity contribution in [2.24, 2.45) is 5.41 Å². The van der Waals surface area contributed by atoms with Gasteiger partial charge in [0.25, 0.3) is 5.91 Å². The fourth-order valence-corrected chi connectivity index (χ4v) is 4.84. The second-order valence-corrected chi connectivity index (χ2v) is 7.69. The summed E-state index contributed by atoms with van der Waals surface area (Å²) in [6.45, 7) is 0. The lowest BCUT2D eigenvalue weighted by atomic mass is 9.49. The van der Waals surface area contributed by atoms with Gasteiger partial charge in [-0.2, -0.15) is 0 Å². The van der Waals surface area contributed by atoms with Crippen molar-refractivity contribution in [3.8, 4) is 10.7 Å². The lowest BCUT2D eigenvalue weighted by Gasteiger charge is -2.63. The summed E-state index contributed by atoms with van der Waals surface area (Å²) in [5, 5.41) is 5.84. The van der Waals surface area contributed by atoms with E-state index in [-0.39, 0.29) is 11.9 Å². The molecule has 2 unspecified atom stereocenters. The minimum absolute atomic E-state index is 0.0551. The molecule has 2 atom stereocenters. The summed E-state index contributed by atoms with van der Waals surface area (Å²) < 4.78 is 0. The largest absolute Gasteiger partial charge is 0.347 e. The molecule has 0 aliphatic heterocycles. The molecule has 6 nitrogen and oxygen atoms in total. The maximum absolute atomic E-state index is 12.5. The predicted octanol–water partition coefficient (Wildman–Crippen LogP) is 2.14. The van der Waals surface area contributed by atoms with E-state index in [1.54, 1.807) is 12.5 Å². The quantitative estimate of drug-likeness (QED) is 0.900. The van der Waals surface area contributed by atoms with Crippen molar-refractivity contribution in [3.05, 3.63) is 23.6 Å². The van der Waals surface area contributed by atoms with E-state index in [1.165, 1.54) is 30.6 Å². The number of carbonyl (C=O) groups excluding carboxylic acids is 1. The number of carbonyl (C=O) groups is 1. The van der Waals surface area contributed by atoms with Gasteiger partial charge in [-0.15, -0.1) is 11.3 Å². The summed E-state index contributed by atoms with van der Waals surface area (Å²) in [6, 6.07) is 0.881. The van der Waals surface area contributed by atoms with Crippen LogP contribution in [0.5, 0.6) is 0 Å². The van der Waals surface area contributed by atoms with Crippen LogP contribution in [0, 0.1) is 5.41 Å². The van der Waals surface area contributed by atoms with Gasteiger partial charge < -0.3 is 15.2 Å². The average Bonchev–Trinajstić information content (AvgIpc) is 3.09. The third kappa shape index (κ3) is 2.30. The number of nitrogens with one attached hydrogen (secondary N) is 2. The zero-order valence-corrected chi connectivity index (χ0v) is 14.2. The van der Waals surface area contributed by atoms with E-state index >= 15 is 0 Å². The van der Waals surface area contributed by atoms with E-state index in [1.807, 2.05) is 5.38 Å². The van der Waals surface area contributed by atoms with Crippen molar-refractivity contribution < 1.29 is 4.79 Å². The SMILES string of the molecule is CN(C)C1CC(NC(=O)c2csc(-c3cnc[nH]3)n2)C12CCC2. The van der Waals surface area contributed by atoms with Crippen molar-refractivity contribution in [1.29, 1.82) is 0 Å². The highest BCUT2D eigenvalue weighted by molar-refractivity contribution is 7.13. The molecule has 4 rings (SSSR count). The number of thiazole rings is 1. The Morgan fingerprint density at radius 3 is 2.91 bits per heavy atom. The number of hydrogen-bond donors (Lipinski definition) is 2. The molecule has 2 saturated carbocycles. The van der Waals surface area contributed by atoms with Crippen molar-refractivity contribution in [2.75, 3.05) is 14.1 Å². The van der Waals surface area contributed by atoms with Gasteiger partial charge in [-0.25, -0.2) is 9.97 Å². The Morgan fingerprint density at radius 1 is 1.48 bits per heavy atom. The zero-order chi connectivity index (χ0) is 16.0. The molecule has 0 bridgehead atoms. The molecule has 7 heteroatoms. The molecule has 2 aliphatic rings. The molecular formula is C16H21N5OS. The smallest absolute Gasteiger partial charge is 0.271 e. The molecule has 0 aromatic carbocycles. The number of aromatic nitrogens is 3. The third-order valence-electron chi connectivity index (χ3n) is 5.50. The average molecular weight is 331 g/mol. The molecule has 2 fully saturated rings. The van der Waals surface area contributed by atoms with Crippen LogP contribution in [0.4, 0.5) is 0 Å². The molecule has 2 N–H and O–H groups in total. The molecule has 122 valence electrons. The van der Waals surface area contributed by atoms with Crippen LogP contribution >= 0.6 is 11.3 Å². The van der Waals surface area contributed by atoms with E-state index in [4.69, 9.17) is 0 Å². The van der Waals surface area contributed by atoms with Crippen molar-refractivity contribution in [2.45, 2.75) is 37.8 Å². The second-order valence-electron chi connectivity index (χ2n) is 6.83. The Bertz CT molecular complexity index is 704. The Labute approximate surface area is 139 Å². The van der Waals surface area contributed by atoms with Crippen molar-refractivity contribution >= 4 is 17.2 Å².